The summed E-state index contributed by atoms with van der Waals surface area (Å²) in [5.41, 5.74) is 5.68. The fraction of sp³-hybridized carbons (Fsp3) is 0.409. The second-order valence-corrected chi connectivity index (χ2v) is 8.70. The number of fused-ring (bicyclic) bond motifs is 4. The molecule has 144 valence electrons. The van der Waals surface area contributed by atoms with Gasteiger partial charge in [-0.3, -0.25) is 9.79 Å². The number of thioether (sulfide) groups is 1. The molecule has 0 aromatic rings. The average Bonchev–Trinajstić information content (AvgIpc) is 3.28. The van der Waals surface area contributed by atoms with Gasteiger partial charge in [0.2, 0.25) is 0 Å². The highest BCUT2D eigenvalue weighted by molar-refractivity contribution is 8.19. The normalized spacial score (nSPS) is 26.7. The van der Waals surface area contributed by atoms with E-state index in [9.17, 15) is 9.59 Å². The number of aliphatic imine (C=N–C) groups is 1. The summed E-state index contributed by atoms with van der Waals surface area (Å²) in [7, 11) is 1.36. The van der Waals surface area contributed by atoms with Crippen LogP contribution >= 0.6 is 11.8 Å². The predicted octanol–water partition coefficient (Wildman–Crippen LogP) is 3.58. The van der Waals surface area contributed by atoms with Gasteiger partial charge in [0.05, 0.1) is 19.2 Å². The van der Waals surface area contributed by atoms with Crippen molar-refractivity contribution in [3.63, 3.8) is 0 Å². The number of amides is 1. The minimum atomic E-state index is -0.441. The van der Waals surface area contributed by atoms with Crippen LogP contribution in [0.2, 0.25) is 0 Å². The van der Waals surface area contributed by atoms with E-state index in [1.54, 1.807) is 0 Å². The molecular weight excluding hydrogens is 372 g/mol. The molecule has 2 aliphatic heterocycles. The monoisotopic (exact) mass is 394 g/mol. The third-order valence-electron chi connectivity index (χ3n) is 6.21. The molecule has 1 N–H and O–H groups in total. The summed E-state index contributed by atoms with van der Waals surface area (Å²) in [6.45, 7) is 0.209. The van der Waals surface area contributed by atoms with Crippen LogP contribution in [0.25, 0.3) is 0 Å². The number of esters is 1. The lowest BCUT2D eigenvalue weighted by Crippen LogP contribution is -2.25. The van der Waals surface area contributed by atoms with Crippen LogP contribution in [-0.4, -0.2) is 30.6 Å². The molecule has 5 aliphatic rings. The van der Waals surface area contributed by atoms with Gasteiger partial charge in [-0.2, -0.15) is 0 Å². The maximum absolute atomic E-state index is 12.7. The summed E-state index contributed by atoms with van der Waals surface area (Å²) in [6.07, 6.45) is 14.6. The predicted molar refractivity (Wildman–Crippen MR) is 109 cm³/mol. The second kappa shape index (κ2) is 6.92. The fourth-order valence-electron chi connectivity index (χ4n) is 4.92. The molecule has 3 aliphatic carbocycles. The first kappa shape index (κ1) is 17.7. The Balaban J connectivity index is 1.67. The summed E-state index contributed by atoms with van der Waals surface area (Å²) in [4.78, 5) is 30.1. The van der Waals surface area contributed by atoms with Gasteiger partial charge in [0.25, 0.3) is 5.91 Å². The van der Waals surface area contributed by atoms with E-state index in [1.807, 2.05) is 6.20 Å². The third kappa shape index (κ3) is 2.65. The van der Waals surface area contributed by atoms with E-state index >= 15 is 0 Å². The maximum Gasteiger partial charge on any atom is 0.363 e. The molecule has 0 saturated heterocycles. The molecule has 0 aromatic heterocycles. The van der Waals surface area contributed by atoms with E-state index in [2.05, 4.69) is 28.5 Å². The van der Waals surface area contributed by atoms with Crippen molar-refractivity contribution in [3.8, 4) is 0 Å². The first-order valence-corrected chi connectivity index (χ1v) is 10.7. The Morgan fingerprint density at radius 3 is 2.86 bits per heavy atom. The molecule has 6 heteroatoms. The van der Waals surface area contributed by atoms with Gasteiger partial charge in [0, 0.05) is 17.0 Å². The lowest BCUT2D eigenvalue weighted by molar-refractivity contribution is -0.132. The summed E-state index contributed by atoms with van der Waals surface area (Å²) >= 11 is 1.29. The second-order valence-electron chi connectivity index (χ2n) is 7.70. The van der Waals surface area contributed by atoms with Crippen LogP contribution in [0.15, 0.2) is 62.2 Å². The number of nitrogens with one attached hydrogen (secondary N) is 1. The number of rotatable bonds is 2. The first-order valence-electron chi connectivity index (χ1n) is 9.87. The van der Waals surface area contributed by atoms with Crippen molar-refractivity contribution in [1.82, 2.24) is 5.32 Å². The van der Waals surface area contributed by atoms with E-state index in [4.69, 9.17) is 4.74 Å². The number of carbonyl (C=O) groups is 2. The van der Waals surface area contributed by atoms with E-state index in [0.29, 0.717) is 16.5 Å². The zero-order valence-corrected chi connectivity index (χ0v) is 16.6. The zero-order chi connectivity index (χ0) is 19.3. The minimum Gasteiger partial charge on any atom is -0.464 e. The van der Waals surface area contributed by atoms with Crippen LogP contribution < -0.4 is 5.32 Å². The number of ether oxygens (including phenoxy) is 1. The Morgan fingerprint density at radius 1 is 1.25 bits per heavy atom. The molecule has 1 unspecified atom stereocenters. The molecule has 1 fully saturated rings. The van der Waals surface area contributed by atoms with Gasteiger partial charge in [-0.1, -0.05) is 49.3 Å². The van der Waals surface area contributed by atoms with Crippen molar-refractivity contribution < 1.29 is 14.3 Å². The van der Waals surface area contributed by atoms with E-state index < -0.39 is 5.97 Å². The molecule has 1 atom stereocenters. The Kier molecular flexibility index (Phi) is 4.38. The Labute approximate surface area is 168 Å². The van der Waals surface area contributed by atoms with Crippen LogP contribution in [0, 0.1) is 11.8 Å². The fourth-order valence-corrected chi connectivity index (χ4v) is 6.02. The van der Waals surface area contributed by atoms with Gasteiger partial charge in [-0.25, -0.2) is 4.79 Å². The number of carbonyl (C=O) groups excluding carboxylic acids is 2. The standard InChI is InChI=1S/C22H22N2O3S/c1-27-22(26)21-24-11-16-19(28-21)18-15(10-23-20(16)25)13-8-5-9-14(13)17(18)12-6-3-2-4-7-12/h5,8-10,12-13H,2-4,6-7,11H2,1H3,(H,23,25). The van der Waals surface area contributed by atoms with Gasteiger partial charge < -0.3 is 10.1 Å². The lowest BCUT2D eigenvalue weighted by atomic mass is 9.80. The SMILES string of the molecule is COC(=O)C1=NCC2=C(S1)C1=C(C3CCCCC3)C3=CC=CC3C1=CNC2=O. The number of nitrogens with zero attached hydrogens (tertiary/aromatic N) is 1. The van der Waals surface area contributed by atoms with Gasteiger partial charge in [0.1, 0.15) is 0 Å². The molecule has 1 saturated carbocycles. The van der Waals surface area contributed by atoms with Crippen molar-refractivity contribution in [2.75, 3.05) is 13.7 Å². The number of methoxy groups -OCH3 is 1. The summed E-state index contributed by atoms with van der Waals surface area (Å²) in [6, 6.07) is 0. The van der Waals surface area contributed by atoms with Crippen molar-refractivity contribution in [3.05, 3.63) is 57.2 Å². The smallest absolute Gasteiger partial charge is 0.363 e. The third-order valence-corrected chi connectivity index (χ3v) is 7.35. The summed E-state index contributed by atoms with van der Waals surface area (Å²) in [5.74, 6) is 0.135. The quantitative estimate of drug-likeness (QED) is 0.727. The van der Waals surface area contributed by atoms with Crippen LogP contribution in [0.4, 0.5) is 0 Å². The molecule has 1 amide bonds. The topological polar surface area (TPSA) is 67.8 Å². The van der Waals surface area contributed by atoms with Gasteiger partial charge in [0.15, 0.2) is 5.04 Å². The number of hydrogen-bond acceptors (Lipinski definition) is 5. The van der Waals surface area contributed by atoms with Crippen molar-refractivity contribution >= 4 is 28.7 Å². The Hall–Kier alpha value is -2.34. The first-order chi connectivity index (χ1) is 13.7. The summed E-state index contributed by atoms with van der Waals surface area (Å²) < 4.78 is 4.89. The molecule has 28 heavy (non-hydrogen) atoms. The highest BCUT2D eigenvalue weighted by atomic mass is 32.2. The van der Waals surface area contributed by atoms with E-state index in [1.165, 1.54) is 62.1 Å². The van der Waals surface area contributed by atoms with E-state index in [-0.39, 0.29) is 18.4 Å². The number of allylic oxidation sites excluding steroid dienone is 7. The largest absolute Gasteiger partial charge is 0.464 e. The van der Waals surface area contributed by atoms with Crippen molar-refractivity contribution in [2.45, 2.75) is 32.1 Å². The molecule has 0 spiro atoms. The molecular formula is C22H22N2O3S. The summed E-state index contributed by atoms with van der Waals surface area (Å²) in [5, 5.41) is 3.28. The molecule has 0 radical (unpaired) electrons. The van der Waals surface area contributed by atoms with Gasteiger partial charge in [-0.05, 0) is 41.1 Å². The average molecular weight is 394 g/mol. The zero-order valence-electron chi connectivity index (χ0n) is 15.8. The van der Waals surface area contributed by atoms with Crippen LogP contribution in [0.5, 0.6) is 0 Å². The lowest BCUT2D eigenvalue weighted by Gasteiger charge is -2.26. The Morgan fingerprint density at radius 2 is 2.07 bits per heavy atom. The van der Waals surface area contributed by atoms with Crippen LogP contribution in [0.3, 0.4) is 0 Å². The molecule has 0 aromatic carbocycles. The molecule has 2 heterocycles. The van der Waals surface area contributed by atoms with Crippen LogP contribution in [0.1, 0.15) is 32.1 Å². The number of hydrogen-bond donors (Lipinski definition) is 1. The highest BCUT2D eigenvalue weighted by Gasteiger charge is 2.42. The van der Waals surface area contributed by atoms with Crippen molar-refractivity contribution in [2.24, 2.45) is 16.8 Å². The van der Waals surface area contributed by atoms with Crippen LogP contribution in [-0.2, 0) is 14.3 Å². The molecule has 5 rings (SSSR count). The maximum atomic E-state index is 12.7. The Bertz CT molecular complexity index is 958. The van der Waals surface area contributed by atoms with E-state index in [0.717, 1.165) is 16.1 Å². The highest BCUT2D eigenvalue weighted by Crippen LogP contribution is 2.55. The van der Waals surface area contributed by atoms with Crippen molar-refractivity contribution in [1.29, 1.82) is 0 Å². The molecule has 5 nitrogen and oxygen atoms in total. The minimum absolute atomic E-state index is 0.125. The van der Waals surface area contributed by atoms with Gasteiger partial charge >= 0.3 is 5.97 Å². The molecule has 0 bridgehead atoms. The van der Waals surface area contributed by atoms with Gasteiger partial charge in [-0.15, -0.1) is 0 Å².